The van der Waals surface area contributed by atoms with Crippen molar-refractivity contribution in [1.29, 1.82) is 0 Å². The Morgan fingerprint density at radius 3 is 2.07 bits per heavy atom. The highest BCUT2D eigenvalue weighted by atomic mass is 28.3. The number of carbonyl (C=O) groups is 1. The van der Waals surface area contributed by atoms with Gasteiger partial charge in [0.05, 0.1) is 8.07 Å². The molecule has 0 heterocycles. The van der Waals surface area contributed by atoms with E-state index in [0.29, 0.717) is 10.6 Å². The summed E-state index contributed by atoms with van der Waals surface area (Å²) in [5.41, 5.74) is 0.388. The van der Waals surface area contributed by atoms with Gasteiger partial charge < -0.3 is 5.11 Å². The van der Waals surface area contributed by atoms with Gasteiger partial charge in [-0.2, -0.15) is 0 Å². The first-order chi connectivity index (χ1) is 6.09. The van der Waals surface area contributed by atoms with E-state index >= 15 is 0 Å². The highest BCUT2D eigenvalue weighted by Gasteiger charge is 2.38. The summed E-state index contributed by atoms with van der Waals surface area (Å²) >= 11 is 0. The first kappa shape index (κ1) is 13.4. The lowest BCUT2D eigenvalue weighted by molar-refractivity contribution is -0.131. The third-order valence-corrected chi connectivity index (χ3v) is 9.93. The lowest BCUT2D eigenvalue weighted by atomic mass is 10.2. The van der Waals surface area contributed by atoms with Gasteiger partial charge in [0, 0.05) is 6.08 Å². The van der Waals surface area contributed by atoms with Crippen LogP contribution in [0, 0.1) is 0 Å². The van der Waals surface area contributed by atoms with Crippen molar-refractivity contribution in [1.82, 2.24) is 0 Å². The monoisotopic (exact) mass is 214 g/mol. The fraction of sp³-hybridized carbons (Fsp3) is 0.727. The van der Waals surface area contributed by atoms with E-state index in [1.54, 1.807) is 0 Å². The number of rotatable bonds is 3. The summed E-state index contributed by atoms with van der Waals surface area (Å²) in [5, 5.41) is 8.86. The molecule has 0 rings (SSSR count). The second-order valence-electron chi connectivity index (χ2n) is 5.46. The van der Waals surface area contributed by atoms with Crippen LogP contribution in [-0.2, 0) is 4.79 Å². The molecule has 82 valence electrons. The van der Waals surface area contributed by atoms with Crippen molar-refractivity contribution in [2.45, 2.75) is 51.4 Å². The summed E-state index contributed by atoms with van der Waals surface area (Å²) in [6.07, 6.45) is 3.10. The zero-order valence-corrected chi connectivity index (χ0v) is 11.1. The van der Waals surface area contributed by atoms with Gasteiger partial charge >= 0.3 is 5.97 Å². The molecule has 0 aliphatic heterocycles. The van der Waals surface area contributed by atoms with Gasteiger partial charge in [-0.05, 0) is 10.6 Å². The lowest BCUT2D eigenvalue weighted by Crippen LogP contribution is -2.40. The Hall–Kier alpha value is -0.573. The second-order valence-corrected chi connectivity index (χ2v) is 11.3. The predicted molar refractivity (Wildman–Crippen MR) is 63.4 cm³/mol. The molecule has 0 bridgehead atoms. The third-order valence-electron chi connectivity index (χ3n) is 3.60. The number of allylic oxidation sites excluding steroid dienone is 1. The van der Waals surface area contributed by atoms with Gasteiger partial charge in [0.15, 0.2) is 0 Å². The number of carboxylic acid groups (broad SMARTS) is 1. The van der Waals surface area contributed by atoms with Gasteiger partial charge in [-0.15, -0.1) is 0 Å². The van der Waals surface area contributed by atoms with Gasteiger partial charge in [0.25, 0.3) is 0 Å². The van der Waals surface area contributed by atoms with Crippen molar-refractivity contribution >= 4 is 14.0 Å². The molecule has 2 nitrogen and oxygen atoms in total. The minimum atomic E-state index is -1.43. The fourth-order valence-electron chi connectivity index (χ4n) is 1.15. The fourth-order valence-corrected chi connectivity index (χ4v) is 3.09. The van der Waals surface area contributed by atoms with Crippen LogP contribution in [0.5, 0.6) is 0 Å². The van der Waals surface area contributed by atoms with Crippen LogP contribution in [0.15, 0.2) is 12.2 Å². The van der Waals surface area contributed by atoms with Crippen molar-refractivity contribution < 1.29 is 9.90 Å². The number of aliphatic carboxylic acids is 1. The van der Waals surface area contributed by atoms with Gasteiger partial charge in [0.1, 0.15) is 0 Å². The Morgan fingerprint density at radius 1 is 1.36 bits per heavy atom. The van der Waals surface area contributed by atoms with E-state index in [9.17, 15) is 4.79 Å². The Labute approximate surface area is 88.0 Å². The average molecular weight is 214 g/mol. The van der Waals surface area contributed by atoms with Gasteiger partial charge in [0.2, 0.25) is 0 Å². The molecular weight excluding hydrogens is 192 g/mol. The Bertz CT molecular complexity index is 236. The van der Waals surface area contributed by atoms with Gasteiger partial charge in [-0.1, -0.05) is 46.9 Å². The number of hydrogen-bond acceptors (Lipinski definition) is 1. The maximum Gasteiger partial charge on any atom is 0.327 e. The van der Waals surface area contributed by atoms with E-state index in [1.807, 2.05) is 6.08 Å². The first-order valence-electron chi connectivity index (χ1n) is 5.00. The minimum Gasteiger partial charge on any atom is -0.478 e. The Balaban J connectivity index is 4.68. The molecule has 1 atom stereocenters. The van der Waals surface area contributed by atoms with Crippen LogP contribution in [0.2, 0.25) is 23.7 Å². The van der Waals surface area contributed by atoms with Crippen LogP contribution < -0.4 is 0 Å². The van der Waals surface area contributed by atoms with Crippen molar-refractivity contribution in [3.8, 4) is 0 Å². The molecule has 0 aliphatic rings. The molecule has 14 heavy (non-hydrogen) atoms. The van der Waals surface area contributed by atoms with Crippen molar-refractivity contribution in [3.63, 3.8) is 0 Å². The molecule has 1 N–H and O–H groups in total. The highest BCUT2D eigenvalue weighted by Crippen LogP contribution is 2.43. The van der Waals surface area contributed by atoms with E-state index < -0.39 is 14.0 Å². The highest BCUT2D eigenvalue weighted by molar-refractivity contribution is 6.81. The van der Waals surface area contributed by atoms with Crippen molar-refractivity contribution in [2.75, 3.05) is 0 Å². The minimum absolute atomic E-state index is 0.301. The van der Waals surface area contributed by atoms with Crippen LogP contribution in [0.3, 0.4) is 0 Å². The molecule has 0 saturated carbocycles. The first-order valence-corrected chi connectivity index (χ1v) is 8.08. The Kier molecular flexibility index (Phi) is 4.12. The van der Waals surface area contributed by atoms with E-state index in [4.69, 9.17) is 5.11 Å². The maximum atomic E-state index is 10.4. The number of carboxylic acids is 1. The quantitative estimate of drug-likeness (QED) is 0.576. The standard InChI is InChI=1S/C11H22O2Si/c1-9(7-8-10(12)13)14(5,6)11(2,3)4/h7-9H,1-6H3,(H,12,13)/b8-7+/t9-/m0/s1. The largest absolute Gasteiger partial charge is 0.478 e. The van der Waals surface area contributed by atoms with Crippen molar-refractivity contribution in [2.24, 2.45) is 0 Å². The summed E-state index contributed by atoms with van der Waals surface area (Å²) in [5.74, 6) is -0.851. The Morgan fingerprint density at radius 2 is 1.79 bits per heavy atom. The molecule has 0 fully saturated rings. The van der Waals surface area contributed by atoms with Crippen LogP contribution in [0.4, 0.5) is 0 Å². The van der Waals surface area contributed by atoms with Gasteiger partial charge in [-0.25, -0.2) is 4.79 Å². The SMILES string of the molecule is C[C@@H](/C=C/C(=O)O)[Si](C)(C)C(C)(C)C. The summed E-state index contributed by atoms with van der Waals surface area (Å²) < 4.78 is 0. The summed E-state index contributed by atoms with van der Waals surface area (Å²) in [6.45, 7) is 13.5. The van der Waals surface area contributed by atoms with Crippen LogP contribution in [-0.4, -0.2) is 19.1 Å². The average Bonchev–Trinajstić information content (AvgIpc) is 1.97. The van der Waals surface area contributed by atoms with E-state index in [2.05, 4.69) is 40.8 Å². The van der Waals surface area contributed by atoms with Crippen molar-refractivity contribution in [3.05, 3.63) is 12.2 Å². The van der Waals surface area contributed by atoms with E-state index in [-0.39, 0.29) is 0 Å². The van der Waals surface area contributed by atoms with E-state index in [1.165, 1.54) is 6.08 Å². The zero-order valence-electron chi connectivity index (χ0n) is 10.1. The van der Waals surface area contributed by atoms with Crippen LogP contribution in [0.1, 0.15) is 27.7 Å². The topological polar surface area (TPSA) is 37.3 Å². The molecule has 0 aromatic rings. The molecule has 3 heteroatoms. The molecule has 0 amide bonds. The maximum absolute atomic E-state index is 10.4. The molecule has 0 spiro atoms. The predicted octanol–water partition coefficient (Wildman–Crippen LogP) is 3.53. The molecule has 0 aromatic carbocycles. The summed E-state index contributed by atoms with van der Waals surface area (Å²) in [6, 6.07) is 0. The smallest absolute Gasteiger partial charge is 0.327 e. The molecule has 0 unspecified atom stereocenters. The lowest BCUT2D eigenvalue weighted by Gasteiger charge is -2.40. The molecule has 0 radical (unpaired) electrons. The van der Waals surface area contributed by atoms with Crippen LogP contribution in [0.25, 0.3) is 0 Å². The summed E-state index contributed by atoms with van der Waals surface area (Å²) in [4.78, 5) is 10.4. The third kappa shape index (κ3) is 3.29. The normalized spacial score (nSPS) is 15.9. The molecule has 0 saturated heterocycles. The molecule has 0 aromatic heterocycles. The van der Waals surface area contributed by atoms with E-state index in [0.717, 1.165) is 0 Å². The zero-order chi connectivity index (χ0) is 11.6. The molecule has 0 aliphatic carbocycles. The summed E-state index contributed by atoms with van der Waals surface area (Å²) in [7, 11) is -1.43. The molecular formula is C11H22O2Si. The second kappa shape index (κ2) is 4.30. The number of hydrogen-bond donors (Lipinski definition) is 1. The van der Waals surface area contributed by atoms with Crippen LogP contribution >= 0.6 is 0 Å². The van der Waals surface area contributed by atoms with Gasteiger partial charge in [-0.3, -0.25) is 0 Å².